The van der Waals surface area contributed by atoms with Gasteiger partial charge in [-0.05, 0) is 44.6 Å². The maximum absolute atomic E-state index is 9.55. The van der Waals surface area contributed by atoms with Crippen LogP contribution in [0.5, 0.6) is 0 Å². The molecule has 0 aromatic carbocycles. The molecule has 1 aliphatic rings. The van der Waals surface area contributed by atoms with Gasteiger partial charge in [-0.1, -0.05) is 20.3 Å². The zero-order chi connectivity index (χ0) is 15.0. The summed E-state index contributed by atoms with van der Waals surface area (Å²) in [4.78, 5) is 2.54. The van der Waals surface area contributed by atoms with Crippen LogP contribution in [-0.2, 0) is 4.74 Å². The minimum atomic E-state index is -0.332. The summed E-state index contributed by atoms with van der Waals surface area (Å²) in [6.07, 6.45) is 6.74. The largest absolute Gasteiger partial charge is 0.394 e. The van der Waals surface area contributed by atoms with Crippen LogP contribution in [0, 0.1) is 5.92 Å². The van der Waals surface area contributed by atoms with Crippen molar-refractivity contribution in [3.05, 3.63) is 0 Å². The number of hydrogen-bond donors (Lipinski definition) is 2. The molecule has 0 spiro atoms. The van der Waals surface area contributed by atoms with E-state index in [9.17, 15) is 5.11 Å². The summed E-state index contributed by atoms with van der Waals surface area (Å²) in [5.41, 5.74) is 6.00. The molecule has 1 aliphatic carbocycles. The molecule has 120 valence electrons. The number of nitrogens with zero attached hydrogens (tertiary/aromatic N) is 1. The Morgan fingerprint density at radius 3 is 2.60 bits per heavy atom. The van der Waals surface area contributed by atoms with Crippen LogP contribution in [0.15, 0.2) is 0 Å². The summed E-state index contributed by atoms with van der Waals surface area (Å²) < 4.78 is 5.24. The molecule has 4 heteroatoms. The minimum Gasteiger partial charge on any atom is -0.394 e. The Balaban J connectivity index is 2.52. The molecule has 2 unspecified atom stereocenters. The van der Waals surface area contributed by atoms with Crippen molar-refractivity contribution in [2.75, 3.05) is 33.4 Å². The van der Waals surface area contributed by atoms with E-state index in [0.29, 0.717) is 12.0 Å². The van der Waals surface area contributed by atoms with E-state index in [0.717, 1.165) is 45.4 Å². The van der Waals surface area contributed by atoms with Gasteiger partial charge in [0.15, 0.2) is 0 Å². The zero-order valence-corrected chi connectivity index (χ0v) is 13.6. The first-order valence-electron chi connectivity index (χ1n) is 8.24. The quantitative estimate of drug-likeness (QED) is 0.645. The van der Waals surface area contributed by atoms with Crippen molar-refractivity contribution in [2.45, 2.75) is 64.0 Å². The second-order valence-electron chi connectivity index (χ2n) is 6.27. The molecule has 0 aromatic heterocycles. The van der Waals surface area contributed by atoms with Gasteiger partial charge in [0.2, 0.25) is 0 Å². The number of ether oxygens (including phenoxy) is 1. The van der Waals surface area contributed by atoms with E-state index in [1.807, 2.05) is 0 Å². The van der Waals surface area contributed by atoms with Crippen molar-refractivity contribution >= 4 is 0 Å². The molecule has 4 nitrogen and oxygen atoms in total. The van der Waals surface area contributed by atoms with E-state index >= 15 is 0 Å². The summed E-state index contributed by atoms with van der Waals surface area (Å²) in [6.45, 7) is 7.48. The van der Waals surface area contributed by atoms with Crippen LogP contribution in [-0.4, -0.2) is 55.0 Å². The van der Waals surface area contributed by atoms with Crippen molar-refractivity contribution in [2.24, 2.45) is 11.7 Å². The van der Waals surface area contributed by atoms with Gasteiger partial charge < -0.3 is 15.6 Å². The molecule has 0 aromatic rings. The van der Waals surface area contributed by atoms with Crippen LogP contribution in [0.3, 0.4) is 0 Å². The van der Waals surface area contributed by atoms with Crippen molar-refractivity contribution in [1.82, 2.24) is 4.90 Å². The van der Waals surface area contributed by atoms with E-state index in [1.165, 1.54) is 12.8 Å². The molecule has 0 heterocycles. The SMILES string of the molecule is CCC(CC)N(CCOC)CCC1CCCC1(N)CO. The standard InChI is InChI=1S/C16H34N2O2/c1-4-15(5-2)18(11-12-20-3)10-8-14-7-6-9-16(14,17)13-19/h14-15,19H,4-13,17H2,1-3H3. The van der Waals surface area contributed by atoms with Crippen molar-refractivity contribution < 1.29 is 9.84 Å². The van der Waals surface area contributed by atoms with Gasteiger partial charge in [0.05, 0.1) is 13.2 Å². The Morgan fingerprint density at radius 1 is 1.35 bits per heavy atom. The topological polar surface area (TPSA) is 58.7 Å². The van der Waals surface area contributed by atoms with E-state index in [2.05, 4.69) is 18.7 Å². The van der Waals surface area contributed by atoms with Gasteiger partial charge in [0, 0.05) is 25.2 Å². The summed E-state index contributed by atoms with van der Waals surface area (Å²) in [5, 5.41) is 9.55. The van der Waals surface area contributed by atoms with Crippen molar-refractivity contribution in [1.29, 1.82) is 0 Å². The first-order valence-corrected chi connectivity index (χ1v) is 8.24. The lowest BCUT2D eigenvalue weighted by molar-refractivity contribution is 0.0979. The third kappa shape index (κ3) is 4.69. The van der Waals surface area contributed by atoms with Gasteiger partial charge in [-0.15, -0.1) is 0 Å². The molecule has 1 saturated carbocycles. The first-order chi connectivity index (χ1) is 9.61. The highest BCUT2D eigenvalue weighted by molar-refractivity contribution is 4.96. The third-order valence-electron chi connectivity index (χ3n) is 5.11. The van der Waals surface area contributed by atoms with E-state index in [4.69, 9.17) is 10.5 Å². The maximum atomic E-state index is 9.55. The minimum absolute atomic E-state index is 0.126. The number of aliphatic hydroxyl groups excluding tert-OH is 1. The number of aliphatic hydroxyl groups is 1. The molecule has 0 saturated heterocycles. The highest BCUT2D eigenvalue weighted by Gasteiger charge is 2.38. The lowest BCUT2D eigenvalue weighted by atomic mass is 9.86. The monoisotopic (exact) mass is 286 g/mol. The molecule has 3 N–H and O–H groups in total. The molecule has 1 fully saturated rings. The van der Waals surface area contributed by atoms with Crippen LogP contribution < -0.4 is 5.73 Å². The Morgan fingerprint density at radius 2 is 2.05 bits per heavy atom. The van der Waals surface area contributed by atoms with Gasteiger partial charge in [-0.3, -0.25) is 4.90 Å². The smallest absolute Gasteiger partial charge is 0.0613 e. The first kappa shape index (κ1) is 17.9. The Hall–Kier alpha value is -0.160. The number of hydrogen-bond acceptors (Lipinski definition) is 4. The second kappa shape index (κ2) is 8.98. The number of rotatable bonds is 10. The third-order valence-corrected chi connectivity index (χ3v) is 5.11. The number of methoxy groups -OCH3 is 1. The fourth-order valence-corrected chi connectivity index (χ4v) is 3.62. The molecule has 1 rings (SSSR count). The highest BCUT2D eigenvalue weighted by Crippen LogP contribution is 2.35. The fourth-order valence-electron chi connectivity index (χ4n) is 3.62. The average Bonchev–Trinajstić information content (AvgIpc) is 2.84. The summed E-state index contributed by atoms with van der Waals surface area (Å²) in [5.74, 6) is 0.465. The summed E-state index contributed by atoms with van der Waals surface area (Å²) in [6, 6.07) is 0.632. The molecule has 2 atom stereocenters. The summed E-state index contributed by atoms with van der Waals surface area (Å²) >= 11 is 0. The van der Waals surface area contributed by atoms with Crippen LogP contribution in [0.4, 0.5) is 0 Å². The predicted molar refractivity (Wildman–Crippen MR) is 83.8 cm³/mol. The Bertz CT molecular complexity index is 259. The Labute approximate surface area is 124 Å². The van der Waals surface area contributed by atoms with Gasteiger partial charge >= 0.3 is 0 Å². The molecule has 20 heavy (non-hydrogen) atoms. The van der Waals surface area contributed by atoms with E-state index in [-0.39, 0.29) is 12.1 Å². The van der Waals surface area contributed by atoms with Gasteiger partial charge in [-0.25, -0.2) is 0 Å². The lowest BCUT2D eigenvalue weighted by Crippen LogP contribution is -2.48. The molecule has 0 radical (unpaired) electrons. The molecule has 0 bridgehead atoms. The van der Waals surface area contributed by atoms with Crippen molar-refractivity contribution in [3.63, 3.8) is 0 Å². The second-order valence-corrected chi connectivity index (χ2v) is 6.27. The number of nitrogens with two attached hydrogens (primary N) is 1. The normalized spacial score (nSPS) is 26.9. The van der Waals surface area contributed by atoms with Crippen LogP contribution in [0.25, 0.3) is 0 Å². The molecule has 0 amide bonds. The molecular formula is C16H34N2O2. The maximum Gasteiger partial charge on any atom is 0.0613 e. The van der Waals surface area contributed by atoms with Crippen LogP contribution in [0.1, 0.15) is 52.4 Å². The fraction of sp³-hybridized carbons (Fsp3) is 1.00. The van der Waals surface area contributed by atoms with Gasteiger partial charge in [-0.2, -0.15) is 0 Å². The predicted octanol–water partition coefficient (Wildman–Crippen LogP) is 2.00. The average molecular weight is 286 g/mol. The van der Waals surface area contributed by atoms with E-state index < -0.39 is 0 Å². The van der Waals surface area contributed by atoms with Crippen molar-refractivity contribution in [3.8, 4) is 0 Å². The molecular weight excluding hydrogens is 252 g/mol. The van der Waals surface area contributed by atoms with Crippen LogP contribution >= 0.6 is 0 Å². The highest BCUT2D eigenvalue weighted by atomic mass is 16.5. The zero-order valence-electron chi connectivity index (χ0n) is 13.6. The van der Waals surface area contributed by atoms with Crippen LogP contribution in [0.2, 0.25) is 0 Å². The Kier molecular flexibility index (Phi) is 8.03. The summed E-state index contributed by atoms with van der Waals surface area (Å²) in [7, 11) is 1.76. The van der Waals surface area contributed by atoms with Gasteiger partial charge in [0.25, 0.3) is 0 Å². The lowest BCUT2D eigenvalue weighted by Gasteiger charge is -2.34. The van der Waals surface area contributed by atoms with E-state index in [1.54, 1.807) is 7.11 Å². The molecule has 0 aliphatic heterocycles. The van der Waals surface area contributed by atoms with Gasteiger partial charge in [0.1, 0.15) is 0 Å².